The fourth-order valence-corrected chi connectivity index (χ4v) is 5.61. The van der Waals surface area contributed by atoms with E-state index in [1.807, 2.05) is 6.07 Å². The van der Waals surface area contributed by atoms with Crippen LogP contribution >= 0.6 is 0 Å². The molecule has 5 N–H and O–H groups in total. The molecule has 1 aliphatic carbocycles. The number of nitrogens with one attached hydrogen (secondary N) is 3. The van der Waals surface area contributed by atoms with Gasteiger partial charge < -0.3 is 30.5 Å². The number of anilines is 1. The lowest BCUT2D eigenvalue weighted by molar-refractivity contribution is -0.556. The number of hydrogen-bond acceptors (Lipinski definition) is 8. The van der Waals surface area contributed by atoms with Crippen LogP contribution < -0.4 is 25.6 Å². The van der Waals surface area contributed by atoms with Crippen molar-refractivity contribution in [2.75, 3.05) is 45.2 Å². The second-order valence-electron chi connectivity index (χ2n) is 11.0. The zero-order valence-electron chi connectivity index (χ0n) is 23.7. The van der Waals surface area contributed by atoms with Gasteiger partial charge in [-0.1, -0.05) is 0 Å². The molecular formula is C29H36FN8O3+. The Morgan fingerprint density at radius 1 is 1.27 bits per heavy atom. The number of fused-ring (bicyclic) bond motifs is 1. The minimum Gasteiger partial charge on any atom is -0.463 e. The number of carbonyl (C=O) groups excluding carboxylic acids is 2. The van der Waals surface area contributed by atoms with Gasteiger partial charge in [0.15, 0.2) is 5.83 Å². The van der Waals surface area contributed by atoms with Gasteiger partial charge in [0.05, 0.1) is 30.3 Å². The van der Waals surface area contributed by atoms with Crippen LogP contribution in [-0.4, -0.2) is 84.8 Å². The topological polar surface area (TPSA) is 140 Å². The van der Waals surface area contributed by atoms with Crippen molar-refractivity contribution >= 4 is 34.1 Å². The van der Waals surface area contributed by atoms with Crippen molar-refractivity contribution < 1.29 is 24.0 Å². The first kappa shape index (κ1) is 28.4. The highest BCUT2D eigenvalue weighted by Crippen LogP contribution is 2.31. The van der Waals surface area contributed by atoms with Gasteiger partial charge in [-0.3, -0.25) is 15.0 Å². The van der Waals surface area contributed by atoms with Gasteiger partial charge in [-0.05, 0) is 38.1 Å². The van der Waals surface area contributed by atoms with Gasteiger partial charge in [-0.25, -0.2) is 9.37 Å². The van der Waals surface area contributed by atoms with Gasteiger partial charge in [0.1, 0.15) is 11.9 Å². The number of carbonyl (C=O) groups is 2. The van der Waals surface area contributed by atoms with Crippen molar-refractivity contribution in [2.45, 2.75) is 32.4 Å². The minimum absolute atomic E-state index is 0.0333. The fraction of sp³-hybridized carbons (Fsp3) is 0.414. The van der Waals surface area contributed by atoms with Crippen molar-refractivity contribution in [3.8, 4) is 6.01 Å². The Balaban J connectivity index is 1.48. The standard InChI is InChI=1S/C29H35FN8O3/c1-16-12-38(13-17(2)34-16)24-6-5-21(28(40)35-20-8-19(10-32-3)26(31)23(30)9-20)27-22(24)11-33-29(36-27)41-15-18-7-25(39)37(4)14-18/h5-6,8-11,16-18,31-32,34H,7,12-15H2,1-4H3,(H,35,40)/p+1/b19-10-,31-26?/t16-,17?,18?/m0/s1. The highest BCUT2D eigenvalue weighted by Gasteiger charge is 2.28. The largest absolute Gasteiger partial charge is 0.463 e. The zero-order chi connectivity index (χ0) is 29.3. The summed E-state index contributed by atoms with van der Waals surface area (Å²) in [5.41, 5.74) is 1.96. The first-order valence-corrected chi connectivity index (χ1v) is 13.8. The van der Waals surface area contributed by atoms with E-state index < -0.39 is 11.7 Å². The molecule has 41 heavy (non-hydrogen) atoms. The van der Waals surface area contributed by atoms with Crippen molar-refractivity contribution in [1.29, 1.82) is 5.41 Å². The summed E-state index contributed by atoms with van der Waals surface area (Å²) < 4.78 is 20.4. The van der Waals surface area contributed by atoms with Crippen LogP contribution in [0.5, 0.6) is 6.01 Å². The van der Waals surface area contributed by atoms with Crippen LogP contribution in [0.2, 0.25) is 0 Å². The van der Waals surface area contributed by atoms with E-state index in [0.717, 1.165) is 24.9 Å². The molecule has 2 unspecified atom stereocenters. The van der Waals surface area contributed by atoms with E-state index >= 15 is 0 Å². The van der Waals surface area contributed by atoms with Crippen LogP contribution in [0.25, 0.3) is 10.9 Å². The van der Waals surface area contributed by atoms with Crippen LogP contribution in [0, 0.1) is 11.3 Å². The van der Waals surface area contributed by atoms with Crippen LogP contribution in [0.1, 0.15) is 30.6 Å². The molecule has 216 valence electrons. The summed E-state index contributed by atoms with van der Waals surface area (Å²) in [5, 5.41) is 16.7. The summed E-state index contributed by atoms with van der Waals surface area (Å²) in [5.74, 6) is -1.09. The Labute approximate surface area is 238 Å². The Kier molecular flexibility index (Phi) is 8.13. The van der Waals surface area contributed by atoms with E-state index in [9.17, 15) is 14.0 Å². The molecule has 0 bridgehead atoms. The number of aromatic nitrogens is 2. The highest BCUT2D eigenvalue weighted by molar-refractivity contribution is 6.13. The van der Waals surface area contributed by atoms with Gasteiger partial charge >= 0.3 is 6.01 Å². The Morgan fingerprint density at radius 3 is 2.71 bits per heavy atom. The summed E-state index contributed by atoms with van der Waals surface area (Å²) >= 11 is 0. The number of ether oxygens (including phenoxy) is 1. The lowest BCUT2D eigenvalue weighted by Crippen LogP contribution is -2.73. The number of halogens is 1. The molecule has 0 spiro atoms. The number of nitrogens with zero attached hydrogens (tertiary/aromatic N) is 4. The molecule has 2 aromatic rings. The Morgan fingerprint density at radius 2 is 2.02 bits per heavy atom. The lowest BCUT2D eigenvalue weighted by Gasteiger charge is -2.38. The predicted octanol–water partition coefficient (Wildman–Crippen LogP) is 1.25. The minimum atomic E-state index is -0.730. The number of allylic oxidation sites excluding steroid dienone is 4. The molecule has 2 amide bonds. The van der Waals surface area contributed by atoms with E-state index in [1.165, 1.54) is 0 Å². The summed E-state index contributed by atoms with van der Waals surface area (Å²) in [4.78, 5) is 38.5. The number of likely N-dealkylation sites (tertiary alicyclic amines) is 1. The summed E-state index contributed by atoms with van der Waals surface area (Å²) in [6, 6.07) is 4.27. The SMILES string of the molecule is C[NH2+]/C=C1/C=C(NC(=O)c2ccc(N3CC(C)N[C@@H](C)C3)c3cnc(OCC4CC(=O)N(C)C4)nc23)C=C(F)C1=N. The number of piperazine rings is 1. The molecule has 3 aliphatic rings. The van der Waals surface area contributed by atoms with Crippen LogP contribution in [0.15, 0.2) is 53.8 Å². The quantitative estimate of drug-likeness (QED) is 0.398. The molecule has 0 radical (unpaired) electrons. The van der Waals surface area contributed by atoms with E-state index in [4.69, 9.17) is 10.1 Å². The smallest absolute Gasteiger partial charge is 0.316 e. The number of benzene rings is 1. The number of quaternary nitrogens is 1. The molecule has 1 aromatic carbocycles. The Hall–Kier alpha value is -4.16. The molecule has 2 aliphatic heterocycles. The second kappa shape index (κ2) is 11.8. The predicted molar refractivity (Wildman–Crippen MR) is 153 cm³/mol. The normalized spacial score (nSPS) is 24.1. The molecule has 2 saturated heterocycles. The van der Waals surface area contributed by atoms with E-state index in [1.54, 1.807) is 48.9 Å². The third-order valence-corrected chi connectivity index (χ3v) is 7.44. The molecule has 12 heteroatoms. The number of amides is 2. The Bertz CT molecular complexity index is 1480. The maximum atomic E-state index is 14.5. The first-order valence-electron chi connectivity index (χ1n) is 13.8. The zero-order valence-corrected chi connectivity index (χ0v) is 23.7. The fourth-order valence-electron chi connectivity index (χ4n) is 5.61. The molecule has 3 atom stereocenters. The van der Waals surface area contributed by atoms with Crippen LogP contribution in [0.4, 0.5) is 10.1 Å². The molecule has 11 nitrogen and oxygen atoms in total. The van der Waals surface area contributed by atoms with Crippen molar-refractivity contribution in [1.82, 2.24) is 25.5 Å². The van der Waals surface area contributed by atoms with Crippen molar-refractivity contribution in [3.63, 3.8) is 0 Å². The highest BCUT2D eigenvalue weighted by atomic mass is 19.1. The van der Waals surface area contributed by atoms with E-state index in [0.29, 0.717) is 29.4 Å². The van der Waals surface area contributed by atoms with E-state index in [-0.39, 0.29) is 53.5 Å². The van der Waals surface area contributed by atoms with Crippen molar-refractivity contribution in [3.05, 3.63) is 59.3 Å². The molecule has 1 aromatic heterocycles. The average molecular weight is 564 g/mol. The molecule has 3 heterocycles. The summed E-state index contributed by atoms with van der Waals surface area (Å²) in [7, 11) is 3.54. The molecule has 2 fully saturated rings. The van der Waals surface area contributed by atoms with Gasteiger partial charge in [-0.15, -0.1) is 0 Å². The molecule has 5 rings (SSSR count). The van der Waals surface area contributed by atoms with Gasteiger partial charge in [0.25, 0.3) is 5.91 Å². The second-order valence-corrected chi connectivity index (χ2v) is 11.0. The first-order chi connectivity index (χ1) is 19.6. The number of hydrogen-bond donors (Lipinski definition) is 4. The molecule has 0 saturated carbocycles. The van der Waals surface area contributed by atoms with Gasteiger partial charge in [-0.2, -0.15) is 4.98 Å². The monoisotopic (exact) mass is 563 g/mol. The summed E-state index contributed by atoms with van der Waals surface area (Å²) in [6.07, 6.45) is 6.40. The van der Waals surface area contributed by atoms with Crippen molar-refractivity contribution in [2.24, 2.45) is 5.92 Å². The summed E-state index contributed by atoms with van der Waals surface area (Å²) in [6.45, 7) is 6.69. The van der Waals surface area contributed by atoms with E-state index in [2.05, 4.69) is 39.3 Å². The lowest BCUT2D eigenvalue weighted by atomic mass is 10.0. The van der Waals surface area contributed by atoms with Crippen LogP contribution in [0.3, 0.4) is 0 Å². The third-order valence-electron chi connectivity index (χ3n) is 7.44. The number of rotatable bonds is 7. The van der Waals surface area contributed by atoms with Gasteiger partial charge in [0.2, 0.25) is 5.91 Å². The maximum absolute atomic E-state index is 14.5. The third kappa shape index (κ3) is 6.13. The average Bonchev–Trinajstić information content (AvgIpc) is 3.25. The van der Waals surface area contributed by atoms with Crippen LogP contribution in [-0.2, 0) is 4.79 Å². The number of nitrogens with two attached hydrogens (primary N) is 1. The maximum Gasteiger partial charge on any atom is 0.316 e. The van der Waals surface area contributed by atoms with Gasteiger partial charge in [0, 0.05) is 74.1 Å². The molecular weight excluding hydrogens is 527 g/mol.